The van der Waals surface area contributed by atoms with Crippen LogP contribution in [0.3, 0.4) is 0 Å². The van der Waals surface area contributed by atoms with Gasteiger partial charge in [0.2, 0.25) is 5.75 Å². The monoisotopic (exact) mass is 658 g/mol. The summed E-state index contributed by atoms with van der Waals surface area (Å²) in [6, 6.07) is 14.9. The molecule has 0 fully saturated rings. The fourth-order valence-corrected chi connectivity index (χ4v) is 4.72. The van der Waals surface area contributed by atoms with E-state index in [1.165, 1.54) is 42.5 Å². The second-order valence-electron chi connectivity index (χ2n) is 9.34. The van der Waals surface area contributed by atoms with Gasteiger partial charge in [-0.15, -0.1) is 0 Å². The molecule has 1 heterocycles. The highest BCUT2D eigenvalue weighted by Crippen LogP contribution is 2.39. The summed E-state index contributed by atoms with van der Waals surface area (Å²) in [6.45, 7) is -0.717. The fraction of sp³-hybridized carbons (Fsp3) is 0.0667. The zero-order chi connectivity index (χ0) is 32.6. The molecule has 2 amide bonds. The van der Waals surface area contributed by atoms with Gasteiger partial charge in [-0.1, -0.05) is 29.3 Å². The van der Waals surface area contributed by atoms with E-state index in [0.29, 0.717) is 17.0 Å². The van der Waals surface area contributed by atoms with E-state index in [1.807, 2.05) is 0 Å². The molecule has 0 spiro atoms. The number of anilines is 1. The van der Waals surface area contributed by atoms with Crippen molar-refractivity contribution in [2.45, 2.75) is 6.18 Å². The third kappa shape index (κ3) is 6.21. The van der Waals surface area contributed by atoms with Crippen molar-refractivity contribution in [2.75, 3.05) is 11.5 Å². The van der Waals surface area contributed by atoms with E-state index in [1.54, 1.807) is 0 Å². The average molecular weight is 659 g/mol. The first-order valence-electron chi connectivity index (χ1n) is 12.6. The molecule has 0 bridgehead atoms. The summed E-state index contributed by atoms with van der Waals surface area (Å²) in [6.07, 6.45) is -4.76. The molecule has 0 saturated heterocycles. The van der Waals surface area contributed by atoms with Crippen molar-refractivity contribution in [3.63, 3.8) is 0 Å². The number of hydrogen-bond acceptors (Lipinski definition) is 8. The van der Waals surface area contributed by atoms with Crippen LogP contribution in [0.15, 0.2) is 78.9 Å². The molecule has 0 aliphatic carbocycles. The van der Waals surface area contributed by atoms with Crippen LogP contribution in [0.4, 0.5) is 24.5 Å². The summed E-state index contributed by atoms with van der Waals surface area (Å²) in [5.41, 5.74) is -2.52. The number of carbonyl (C=O) groups is 4. The number of nitro benzene ring substituents is 1. The first-order chi connectivity index (χ1) is 21.3. The van der Waals surface area contributed by atoms with E-state index in [2.05, 4.69) is 0 Å². The number of ketones is 1. The predicted octanol–water partition coefficient (Wildman–Crippen LogP) is 7.55. The summed E-state index contributed by atoms with van der Waals surface area (Å²) in [7, 11) is 0. The second-order valence-corrected chi connectivity index (χ2v) is 10.2. The molecule has 0 unspecified atom stereocenters. The molecule has 15 heteroatoms. The molecule has 10 nitrogen and oxygen atoms in total. The van der Waals surface area contributed by atoms with Gasteiger partial charge in [0, 0.05) is 11.6 Å². The Morgan fingerprint density at radius 2 is 1.51 bits per heavy atom. The van der Waals surface area contributed by atoms with E-state index in [4.69, 9.17) is 32.7 Å². The van der Waals surface area contributed by atoms with Crippen LogP contribution in [-0.2, 0) is 10.9 Å². The Bertz CT molecular complexity index is 1910. The van der Waals surface area contributed by atoms with Crippen LogP contribution in [0.25, 0.3) is 0 Å². The van der Waals surface area contributed by atoms with Crippen molar-refractivity contribution in [1.82, 2.24) is 0 Å². The topological polar surface area (TPSA) is 133 Å². The van der Waals surface area contributed by atoms with Crippen LogP contribution >= 0.6 is 23.2 Å². The third-order valence-electron chi connectivity index (χ3n) is 6.51. The number of carbonyl (C=O) groups excluding carboxylic acids is 4. The highest BCUT2D eigenvalue weighted by atomic mass is 35.5. The zero-order valence-electron chi connectivity index (χ0n) is 22.3. The van der Waals surface area contributed by atoms with Crippen LogP contribution in [0.1, 0.15) is 47.0 Å². The molecule has 4 aromatic carbocycles. The van der Waals surface area contributed by atoms with E-state index in [-0.39, 0.29) is 49.5 Å². The lowest BCUT2D eigenvalue weighted by Gasteiger charge is -2.17. The number of imide groups is 1. The van der Waals surface area contributed by atoms with Crippen molar-refractivity contribution in [3.05, 3.63) is 127 Å². The number of para-hydroxylation sites is 1. The molecule has 45 heavy (non-hydrogen) atoms. The number of rotatable bonds is 8. The molecule has 1 aliphatic heterocycles. The van der Waals surface area contributed by atoms with Crippen molar-refractivity contribution in [2.24, 2.45) is 0 Å². The van der Waals surface area contributed by atoms with Crippen molar-refractivity contribution >= 4 is 58.1 Å². The van der Waals surface area contributed by atoms with Crippen LogP contribution in [0.2, 0.25) is 10.0 Å². The van der Waals surface area contributed by atoms with Crippen LogP contribution in [0, 0.1) is 10.1 Å². The zero-order valence-corrected chi connectivity index (χ0v) is 23.8. The minimum Gasteiger partial charge on any atom is -0.454 e. The quantitative estimate of drug-likeness (QED) is 0.0623. The number of amides is 2. The van der Waals surface area contributed by atoms with Gasteiger partial charge < -0.3 is 9.47 Å². The Hall–Kier alpha value is -5.27. The lowest BCUT2D eigenvalue weighted by molar-refractivity contribution is -0.385. The Balaban J connectivity index is 1.26. The van der Waals surface area contributed by atoms with Crippen molar-refractivity contribution in [1.29, 1.82) is 0 Å². The molecular weight excluding hydrogens is 644 g/mol. The number of esters is 1. The Labute approximate surface area is 260 Å². The summed E-state index contributed by atoms with van der Waals surface area (Å²) >= 11 is 12.0. The lowest BCUT2D eigenvalue weighted by Crippen LogP contribution is -2.30. The maximum Gasteiger partial charge on any atom is 0.416 e. The number of benzene rings is 4. The average Bonchev–Trinajstić information content (AvgIpc) is 3.25. The number of hydrogen-bond donors (Lipinski definition) is 0. The minimum absolute atomic E-state index is 0.000972. The van der Waals surface area contributed by atoms with Gasteiger partial charge in [-0.2, -0.15) is 13.2 Å². The molecule has 0 aromatic heterocycles. The van der Waals surface area contributed by atoms with Crippen molar-refractivity contribution in [3.8, 4) is 11.5 Å². The lowest BCUT2D eigenvalue weighted by atomic mass is 10.1. The maximum absolute atomic E-state index is 13.2. The van der Waals surface area contributed by atoms with Gasteiger partial charge in [0.15, 0.2) is 12.4 Å². The Morgan fingerprint density at radius 3 is 2.18 bits per heavy atom. The molecule has 1 aliphatic rings. The first kappa shape index (κ1) is 31.2. The van der Waals surface area contributed by atoms with E-state index in [0.717, 1.165) is 24.3 Å². The number of nitro groups is 1. The van der Waals surface area contributed by atoms with Gasteiger partial charge in [0.25, 0.3) is 11.8 Å². The first-order valence-corrected chi connectivity index (χ1v) is 13.3. The van der Waals surface area contributed by atoms with Gasteiger partial charge in [-0.05, 0) is 66.7 Å². The summed E-state index contributed by atoms with van der Waals surface area (Å²) in [4.78, 5) is 62.4. The predicted molar refractivity (Wildman–Crippen MR) is 153 cm³/mol. The van der Waals surface area contributed by atoms with Gasteiger partial charge in [-0.25, -0.2) is 9.69 Å². The molecule has 4 aromatic rings. The Kier molecular flexibility index (Phi) is 8.32. The molecule has 0 radical (unpaired) electrons. The van der Waals surface area contributed by atoms with Crippen LogP contribution in [0.5, 0.6) is 11.5 Å². The highest BCUT2D eigenvalue weighted by Gasteiger charge is 2.40. The SMILES string of the molecule is O=C(COC(=O)c1ccc2c(c1)C(=O)N(c1cc(C(F)(F)F)ccc1Cl)C2=O)c1ccc(Oc2c(Cl)cccc2[N+](=O)[O-])cc1. The summed E-state index contributed by atoms with van der Waals surface area (Å²) in [5, 5.41) is 11.0. The maximum atomic E-state index is 13.2. The molecular formula is C30H15Cl2F3N2O8. The van der Waals surface area contributed by atoms with Gasteiger partial charge in [0.1, 0.15) is 5.75 Å². The van der Waals surface area contributed by atoms with Crippen LogP contribution in [-0.4, -0.2) is 35.1 Å². The summed E-state index contributed by atoms with van der Waals surface area (Å²) < 4.78 is 50.3. The molecule has 228 valence electrons. The normalized spacial score (nSPS) is 12.6. The molecule has 0 atom stereocenters. The van der Waals surface area contributed by atoms with Crippen LogP contribution < -0.4 is 9.64 Å². The fourth-order valence-electron chi connectivity index (χ4n) is 4.31. The standard InChI is InChI=1S/C30H15Cl2F3N2O8/c31-21-11-7-17(30(33,34)35)13-24(21)36-27(39)19-10-6-16(12-20(19)28(36)40)29(41)44-14-25(38)15-4-8-18(9-5-15)45-26-22(32)2-1-3-23(26)37(42)43/h1-13H,14H2. The van der Waals surface area contributed by atoms with E-state index >= 15 is 0 Å². The summed E-state index contributed by atoms with van der Waals surface area (Å²) in [5.74, 6) is -3.65. The van der Waals surface area contributed by atoms with Gasteiger partial charge in [0.05, 0.1) is 42.9 Å². The number of Topliss-reactive ketones (excluding diaryl/α,β-unsaturated/α-hetero) is 1. The van der Waals surface area contributed by atoms with E-state index < -0.39 is 52.5 Å². The molecule has 5 rings (SSSR count). The molecule has 0 saturated carbocycles. The highest BCUT2D eigenvalue weighted by molar-refractivity contribution is 6.40. The minimum atomic E-state index is -4.76. The van der Waals surface area contributed by atoms with Crippen molar-refractivity contribution < 1.29 is 46.7 Å². The largest absolute Gasteiger partial charge is 0.454 e. The third-order valence-corrected chi connectivity index (χ3v) is 7.13. The number of halogens is 5. The van der Waals surface area contributed by atoms with E-state index in [9.17, 15) is 42.5 Å². The van der Waals surface area contributed by atoms with Gasteiger partial charge in [-0.3, -0.25) is 24.5 Å². The second kappa shape index (κ2) is 12.0. The number of nitrogens with zero attached hydrogens (tertiary/aromatic N) is 2. The number of alkyl halides is 3. The number of fused-ring (bicyclic) bond motifs is 1. The smallest absolute Gasteiger partial charge is 0.416 e. The number of ether oxygens (including phenoxy) is 2. The van der Waals surface area contributed by atoms with Gasteiger partial charge >= 0.3 is 17.8 Å². The Morgan fingerprint density at radius 1 is 0.844 bits per heavy atom. The molecule has 0 N–H and O–H groups in total.